The zero-order valence-electron chi connectivity index (χ0n) is 10.9. The zero-order chi connectivity index (χ0) is 13.1. The average molecular weight is 236 g/mol. The number of hydrogen-bond acceptors (Lipinski definition) is 5. The second-order valence-corrected chi connectivity index (χ2v) is 4.95. The van der Waals surface area contributed by atoms with E-state index in [1.807, 2.05) is 0 Å². The van der Waals surface area contributed by atoms with Gasteiger partial charge in [0.05, 0.1) is 6.61 Å². The van der Waals surface area contributed by atoms with Gasteiger partial charge in [0, 0.05) is 36.4 Å². The van der Waals surface area contributed by atoms with Crippen molar-refractivity contribution >= 4 is 11.5 Å². The van der Waals surface area contributed by atoms with Gasteiger partial charge in [0.25, 0.3) is 0 Å². The molecule has 1 aromatic rings. The average Bonchev–Trinajstić information content (AvgIpc) is 2.24. The van der Waals surface area contributed by atoms with Gasteiger partial charge in [-0.3, -0.25) is 4.99 Å². The van der Waals surface area contributed by atoms with Gasteiger partial charge in [0.1, 0.15) is 11.6 Å². The molecule has 0 aliphatic heterocycles. The Bertz CT molecular complexity index is 421. The molecule has 0 bridgehead atoms. The number of aromatic nitrogens is 2. The third-order valence-corrected chi connectivity index (χ3v) is 2.58. The van der Waals surface area contributed by atoms with Crippen molar-refractivity contribution < 1.29 is 5.11 Å². The summed E-state index contributed by atoms with van der Waals surface area (Å²) in [6, 6.07) is 0. The zero-order valence-corrected chi connectivity index (χ0v) is 10.9. The first-order valence-corrected chi connectivity index (χ1v) is 5.55. The van der Waals surface area contributed by atoms with Crippen LogP contribution >= 0.6 is 0 Å². The lowest BCUT2D eigenvalue weighted by Gasteiger charge is -2.20. The molecule has 0 fully saturated rings. The smallest absolute Gasteiger partial charge is 0.136 e. The van der Waals surface area contributed by atoms with Crippen LogP contribution in [0.2, 0.25) is 0 Å². The van der Waals surface area contributed by atoms with Crippen LogP contribution in [0.1, 0.15) is 32.2 Å². The Morgan fingerprint density at radius 1 is 1.47 bits per heavy atom. The van der Waals surface area contributed by atoms with Crippen molar-refractivity contribution in [3.8, 4) is 0 Å². The fourth-order valence-electron chi connectivity index (χ4n) is 1.49. The van der Waals surface area contributed by atoms with Crippen LogP contribution in [0, 0.1) is 5.41 Å². The number of aliphatic hydroxyl groups excluding tert-OH is 1. The molecule has 0 amide bonds. The predicted molar refractivity (Wildman–Crippen MR) is 68.9 cm³/mol. The van der Waals surface area contributed by atoms with E-state index in [0.29, 0.717) is 23.6 Å². The van der Waals surface area contributed by atoms with Crippen LogP contribution in [0.5, 0.6) is 0 Å². The van der Waals surface area contributed by atoms with Gasteiger partial charge >= 0.3 is 0 Å². The molecule has 5 heteroatoms. The molecule has 5 nitrogen and oxygen atoms in total. The Balaban J connectivity index is 2.93. The topological polar surface area (TPSA) is 84.4 Å². The minimum Gasteiger partial charge on any atom is -0.391 e. The first-order valence-electron chi connectivity index (χ1n) is 5.55. The maximum Gasteiger partial charge on any atom is 0.136 e. The van der Waals surface area contributed by atoms with E-state index in [4.69, 9.17) is 10.8 Å². The monoisotopic (exact) mass is 236 g/mol. The van der Waals surface area contributed by atoms with E-state index >= 15 is 0 Å². The molecule has 1 heterocycles. The maximum absolute atomic E-state index is 8.98. The van der Waals surface area contributed by atoms with Gasteiger partial charge in [-0.25, -0.2) is 9.97 Å². The Morgan fingerprint density at radius 3 is 2.53 bits per heavy atom. The second kappa shape index (κ2) is 5.23. The molecule has 0 spiro atoms. The van der Waals surface area contributed by atoms with Crippen LogP contribution in [0.25, 0.3) is 0 Å². The molecular weight excluding hydrogens is 216 g/mol. The summed E-state index contributed by atoms with van der Waals surface area (Å²) >= 11 is 0. The molecule has 0 saturated heterocycles. The molecule has 0 atom stereocenters. The highest BCUT2D eigenvalue weighted by molar-refractivity contribution is 5.90. The standard InChI is InChI=1S/C12H20N4O/c1-12(2,3)9(14-4)5-10-15-6-8(7-17)11(13)16-10/h6,17H,5,7H2,1-4H3,(H2,13,15,16). The van der Waals surface area contributed by atoms with Gasteiger partial charge in [-0.05, 0) is 0 Å². The normalized spacial score (nSPS) is 12.9. The second-order valence-electron chi connectivity index (χ2n) is 4.95. The van der Waals surface area contributed by atoms with Gasteiger partial charge in [-0.15, -0.1) is 0 Å². The van der Waals surface area contributed by atoms with Crippen LogP contribution in [0.3, 0.4) is 0 Å². The number of nitrogen functional groups attached to an aromatic ring is 1. The molecule has 0 aliphatic rings. The number of nitrogens with two attached hydrogens (primary N) is 1. The fourth-order valence-corrected chi connectivity index (χ4v) is 1.49. The van der Waals surface area contributed by atoms with Crippen LogP contribution < -0.4 is 5.73 Å². The molecule has 0 radical (unpaired) electrons. The number of aliphatic imine (C=N–C) groups is 1. The Kier molecular flexibility index (Phi) is 4.17. The van der Waals surface area contributed by atoms with Gasteiger partial charge in [-0.1, -0.05) is 20.8 Å². The van der Waals surface area contributed by atoms with Crippen LogP contribution in [0.15, 0.2) is 11.2 Å². The largest absolute Gasteiger partial charge is 0.391 e. The molecule has 3 N–H and O–H groups in total. The summed E-state index contributed by atoms with van der Waals surface area (Å²) in [7, 11) is 1.77. The molecule has 1 aromatic heterocycles. The van der Waals surface area contributed by atoms with Crippen molar-refractivity contribution in [1.82, 2.24) is 9.97 Å². The molecule has 1 rings (SSSR count). The van der Waals surface area contributed by atoms with Crippen LogP contribution in [0.4, 0.5) is 5.82 Å². The minimum atomic E-state index is -0.139. The van der Waals surface area contributed by atoms with Gasteiger partial charge in [0.15, 0.2) is 0 Å². The highest BCUT2D eigenvalue weighted by atomic mass is 16.3. The Labute approximate surface area is 102 Å². The molecule has 0 saturated carbocycles. The molecule has 0 unspecified atom stereocenters. The van der Waals surface area contributed by atoms with Gasteiger partial charge in [0.2, 0.25) is 0 Å². The van der Waals surface area contributed by atoms with E-state index < -0.39 is 0 Å². The van der Waals surface area contributed by atoms with Crippen molar-refractivity contribution in [2.75, 3.05) is 12.8 Å². The lowest BCUT2D eigenvalue weighted by atomic mass is 9.88. The number of hydrogen-bond donors (Lipinski definition) is 2. The van der Waals surface area contributed by atoms with Gasteiger partial charge < -0.3 is 10.8 Å². The van der Waals surface area contributed by atoms with E-state index in [0.717, 1.165) is 5.71 Å². The highest BCUT2D eigenvalue weighted by Gasteiger charge is 2.19. The molecule has 94 valence electrons. The van der Waals surface area contributed by atoms with Crippen LogP contribution in [-0.2, 0) is 13.0 Å². The third-order valence-electron chi connectivity index (χ3n) is 2.58. The van der Waals surface area contributed by atoms with Crippen molar-refractivity contribution in [2.24, 2.45) is 10.4 Å². The fraction of sp³-hybridized carbons (Fsp3) is 0.583. The van der Waals surface area contributed by atoms with Crippen LogP contribution in [-0.4, -0.2) is 27.8 Å². The summed E-state index contributed by atoms with van der Waals surface area (Å²) < 4.78 is 0. The number of nitrogens with zero attached hydrogens (tertiary/aromatic N) is 3. The van der Waals surface area contributed by atoms with E-state index in [-0.39, 0.29) is 12.0 Å². The molecule has 0 aromatic carbocycles. The quantitative estimate of drug-likeness (QED) is 0.772. The summed E-state index contributed by atoms with van der Waals surface area (Å²) in [5, 5.41) is 8.98. The predicted octanol–water partition coefficient (Wildman–Crippen LogP) is 1.21. The summed E-state index contributed by atoms with van der Waals surface area (Å²) in [5.41, 5.74) is 7.27. The third kappa shape index (κ3) is 3.49. The minimum absolute atomic E-state index is 0.0114. The summed E-state index contributed by atoms with van der Waals surface area (Å²) in [6.45, 7) is 6.16. The van der Waals surface area contributed by atoms with Crippen molar-refractivity contribution in [3.63, 3.8) is 0 Å². The van der Waals surface area contributed by atoms with Crippen molar-refractivity contribution in [3.05, 3.63) is 17.6 Å². The number of rotatable bonds is 3. The van der Waals surface area contributed by atoms with Crippen molar-refractivity contribution in [2.45, 2.75) is 33.8 Å². The first kappa shape index (κ1) is 13.6. The summed E-state index contributed by atoms with van der Waals surface area (Å²) in [6.07, 6.45) is 2.14. The molecule has 17 heavy (non-hydrogen) atoms. The summed E-state index contributed by atoms with van der Waals surface area (Å²) in [5.74, 6) is 0.970. The van der Waals surface area contributed by atoms with E-state index in [1.165, 1.54) is 0 Å². The lowest BCUT2D eigenvalue weighted by molar-refractivity contribution is 0.281. The summed E-state index contributed by atoms with van der Waals surface area (Å²) in [4.78, 5) is 12.6. The number of aliphatic hydroxyl groups is 1. The van der Waals surface area contributed by atoms with E-state index in [2.05, 4.69) is 35.7 Å². The lowest BCUT2D eigenvalue weighted by Crippen LogP contribution is -2.23. The Hall–Kier alpha value is -1.49. The maximum atomic E-state index is 8.98. The van der Waals surface area contributed by atoms with E-state index in [1.54, 1.807) is 13.2 Å². The number of anilines is 1. The SMILES string of the molecule is CN=C(Cc1ncc(CO)c(N)n1)C(C)(C)C. The highest BCUT2D eigenvalue weighted by Crippen LogP contribution is 2.19. The Morgan fingerprint density at radius 2 is 2.12 bits per heavy atom. The molecule has 0 aliphatic carbocycles. The van der Waals surface area contributed by atoms with Crippen molar-refractivity contribution in [1.29, 1.82) is 0 Å². The first-order chi connectivity index (χ1) is 7.88. The van der Waals surface area contributed by atoms with E-state index in [9.17, 15) is 0 Å². The van der Waals surface area contributed by atoms with Gasteiger partial charge in [-0.2, -0.15) is 0 Å². The molecular formula is C12H20N4O.